The molecule has 6 heteroatoms. The number of nitrogens with zero attached hydrogens (tertiary/aromatic N) is 1. The second-order valence-electron chi connectivity index (χ2n) is 8.65. The van der Waals surface area contributed by atoms with Crippen LogP contribution in [0.5, 0.6) is 0 Å². The summed E-state index contributed by atoms with van der Waals surface area (Å²) in [5.74, 6) is -0.218. The van der Waals surface area contributed by atoms with Gasteiger partial charge in [-0.3, -0.25) is 0 Å². The molecule has 4 aromatic carbocycles. The molecule has 0 saturated heterocycles. The lowest BCUT2D eigenvalue weighted by Crippen LogP contribution is -3.00. The molecule has 1 aromatic heterocycles. The first-order valence-electron chi connectivity index (χ1n) is 11.9. The van der Waals surface area contributed by atoms with Crippen molar-refractivity contribution in [1.29, 1.82) is 0 Å². The lowest BCUT2D eigenvalue weighted by Gasteiger charge is -2.26. The van der Waals surface area contributed by atoms with Crippen LogP contribution in [0.1, 0.15) is 11.3 Å². The standard InChI is InChI=1S/C31H27NO2PS.BrH/c1-24-17-19-25(20-18-24)31-32-26(23-36-31)21-34-30(33)22-35(27-11-5-2-6-12-27,28-13-7-3-8-14-28)29-15-9-4-10-16-29;/h2-20,23H,21-22H2,1H3;1H/q+1;/p-1. The van der Waals surface area contributed by atoms with Gasteiger partial charge in [-0.15, -0.1) is 11.3 Å². The van der Waals surface area contributed by atoms with Crippen molar-refractivity contribution < 1.29 is 26.5 Å². The summed E-state index contributed by atoms with van der Waals surface area (Å²) in [5, 5.41) is 6.39. The van der Waals surface area contributed by atoms with E-state index in [4.69, 9.17) is 9.72 Å². The van der Waals surface area contributed by atoms with Gasteiger partial charge in [0.15, 0.2) is 6.16 Å². The maximum Gasteiger partial charge on any atom is 0.345 e. The molecule has 0 amide bonds. The van der Waals surface area contributed by atoms with Crippen LogP contribution in [0.3, 0.4) is 0 Å². The molecular formula is C31H27BrNO2PS. The zero-order valence-electron chi connectivity index (χ0n) is 20.5. The fourth-order valence-corrected chi connectivity index (χ4v) is 9.14. The number of halogens is 1. The van der Waals surface area contributed by atoms with Crippen LogP contribution in [0.15, 0.2) is 121 Å². The van der Waals surface area contributed by atoms with Crippen LogP contribution in [-0.2, 0) is 16.1 Å². The number of aryl methyl sites for hydroxylation is 1. The number of rotatable bonds is 8. The monoisotopic (exact) mass is 587 g/mol. The molecule has 3 nitrogen and oxygen atoms in total. The van der Waals surface area contributed by atoms with Gasteiger partial charge in [-0.2, -0.15) is 0 Å². The van der Waals surface area contributed by atoms with Crippen molar-refractivity contribution in [2.45, 2.75) is 13.5 Å². The van der Waals surface area contributed by atoms with Gasteiger partial charge in [0.2, 0.25) is 0 Å². The van der Waals surface area contributed by atoms with Crippen molar-refractivity contribution in [2.24, 2.45) is 0 Å². The van der Waals surface area contributed by atoms with Crippen molar-refractivity contribution in [3.05, 3.63) is 132 Å². The molecule has 0 radical (unpaired) electrons. The Labute approximate surface area is 233 Å². The molecule has 0 saturated carbocycles. The third kappa shape index (κ3) is 6.07. The fourth-order valence-electron chi connectivity index (χ4n) is 4.36. The Morgan fingerprint density at radius 2 is 1.24 bits per heavy atom. The zero-order valence-corrected chi connectivity index (χ0v) is 23.8. The van der Waals surface area contributed by atoms with Crippen molar-refractivity contribution in [3.8, 4) is 10.6 Å². The predicted octanol–water partition coefficient (Wildman–Crippen LogP) is 3.16. The van der Waals surface area contributed by atoms with Gasteiger partial charge < -0.3 is 21.7 Å². The molecule has 0 aliphatic heterocycles. The summed E-state index contributed by atoms with van der Waals surface area (Å²) in [6.07, 6.45) is 0.292. The number of carbonyl (C=O) groups is 1. The molecule has 0 aliphatic rings. The average molecular weight is 589 g/mol. The number of carbonyl (C=O) groups excluding carboxylic acids is 1. The Bertz CT molecular complexity index is 1330. The number of thiazole rings is 1. The van der Waals surface area contributed by atoms with E-state index in [0.717, 1.165) is 32.2 Å². The first-order valence-corrected chi connectivity index (χ1v) is 14.7. The molecular weight excluding hydrogens is 561 g/mol. The Morgan fingerprint density at radius 3 is 1.73 bits per heavy atom. The summed E-state index contributed by atoms with van der Waals surface area (Å²) in [4.78, 5) is 18.2. The summed E-state index contributed by atoms with van der Waals surface area (Å²) in [6.45, 7) is 2.24. The van der Waals surface area contributed by atoms with Crippen LogP contribution in [0, 0.1) is 6.92 Å². The van der Waals surface area contributed by atoms with Gasteiger partial charge in [-0.1, -0.05) is 84.4 Å². The van der Waals surface area contributed by atoms with Crippen molar-refractivity contribution in [3.63, 3.8) is 0 Å². The summed E-state index contributed by atoms with van der Waals surface area (Å²) in [6, 6.07) is 39.4. The molecule has 0 spiro atoms. The van der Waals surface area contributed by atoms with Crippen molar-refractivity contribution >= 4 is 40.5 Å². The molecule has 1 heterocycles. The second kappa shape index (κ2) is 12.4. The summed E-state index contributed by atoms with van der Waals surface area (Å²) in [5.41, 5.74) is 3.06. The van der Waals surface area contributed by atoms with Crippen LogP contribution in [-0.4, -0.2) is 17.1 Å². The van der Waals surface area contributed by atoms with Crippen LogP contribution in [0.4, 0.5) is 0 Å². The molecule has 5 aromatic rings. The largest absolute Gasteiger partial charge is 1.00 e. The molecule has 186 valence electrons. The van der Waals surface area contributed by atoms with Gasteiger partial charge in [0.1, 0.15) is 34.8 Å². The number of ether oxygens (including phenoxy) is 1. The highest BCUT2D eigenvalue weighted by atomic mass is 79.9. The molecule has 0 unspecified atom stereocenters. The number of hydrogen-bond acceptors (Lipinski definition) is 4. The average Bonchev–Trinajstić information content (AvgIpc) is 3.42. The lowest BCUT2D eigenvalue weighted by atomic mass is 10.2. The lowest BCUT2D eigenvalue weighted by molar-refractivity contribution is -0.141. The van der Waals surface area contributed by atoms with Crippen molar-refractivity contribution in [2.75, 3.05) is 6.16 Å². The summed E-state index contributed by atoms with van der Waals surface area (Å²) in [7, 11) is -2.27. The molecule has 0 atom stereocenters. The fraction of sp³-hybridized carbons (Fsp3) is 0.0968. The minimum absolute atomic E-state index is 0. The van der Waals surface area contributed by atoms with Crippen molar-refractivity contribution in [1.82, 2.24) is 4.98 Å². The van der Waals surface area contributed by atoms with Crippen LogP contribution < -0.4 is 32.9 Å². The Balaban J connectivity index is 0.00000320. The highest BCUT2D eigenvalue weighted by Crippen LogP contribution is 2.55. The zero-order chi connectivity index (χ0) is 24.8. The van der Waals surface area contributed by atoms with Gasteiger partial charge >= 0.3 is 5.97 Å². The number of hydrogen-bond donors (Lipinski definition) is 0. The van der Waals surface area contributed by atoms with Crippen LogP contribution in [0.25, 0.3) is 10.6 Å². The predicted molar refractivity (Wildman–Crippen MR) is 152 cm³/mol. The van der Waals surface area contributed by atoms with Gasteiger partial charge in [0.05, 0.1) is 5.69 Å². The van der Waals surface area contributed by atoms with Gasteiger partial charge in [0, 0.05) is 10.9 Å². The molecule has 0 fully saturated rings. The van der Waals surface area contributed by atoms with E-state index in [1.807, 2.05) is 60.0 Å². The van der Waals surface area contributed by atoms with E-state index >= 15 is 0 Å². The third-order valence-corrected chi connectivity index (χ3v) is 11.4. The topological polar surface area (TPSA) is 39.2 Å². The van der Waals surface area contributed by atoms with Gasteiger partial charge in [-0.25, -0.2) is 9.78 Å². The number of esters is 1. The van der Waals surface area contributed by atoms with E-state index in [-0.39, 0.29) is 29.6 Å². The van der Waals surface area contributed by atoms with Crippen LogP contribution in [0.2, 0.25) is 0 Å². The SMILES string of the molecule is Cc1ccc(-c2nc(COC(=O)C[P+](c3ccccc3)(c3ccccc3)c3ccccc3)cs2)cc1.[Br-]. The first kappa shape index (κ1) is 26.9. The Morgan fingerprint density at radius 1 is 0.757 bits per heavy atom. The highest BCUT2D eigenvalue weighted by molar-refractivity contribution is 7.96. The third-order valence-electron chi connectivity index (χ3n) is 6.19. The summed E-state index contributed by atoms with van der Waals surface area (Å²) < 4.78 is 5.85. The first-order chi connectivity index (χ1) is 17.6. The number of benzene rings is 4. The number of aromatic nitrogens is 1. The van der Waals surface area contributed by atoms with Crippen LogP contribution >= 0.6 is 18.6 Å². The quantitative estimate of drug-likeness (QED) is 0.207. The maximum atomic E-state index is 13.4. The normalized spacial score (nSPS) is 10.9. The van der Waals surface area contributed by atoms with E-state index in [1.54, 1.807) is 11.3 Å². The highest BCUT2D eigenvalue weighted by Gasteiger charge is 2.47. The van der Waals surface area contributed by atoms with E-state index in [2.05, 4.69) is 67.6 Å². The molecule has 0 bridgehead atoms. The summed E-state index contributed by atoms with van der Waals surface area (Å²) >= 11 is 1.57. The molecule has 5 rings (SSSR count). The van der Waals surface area contributed by atoms with Gasteiger partial charge in [-0.05, 0) is 43.3 Å². The molecule has 0 N–H and O–H groups in total. The minimum atomic E-state index is -2.27. The van der Waals surface area contributed by atoms with E-state index in [1.165, 1.54) is 5.56 Å². The van der Waals surface area contributed by atoms with Gasteiger partial charge in [0.25, 0.3) is 0 Å². The minimum Gasteiger partial charge on any atom is -1.00 e. The van der Waals surface area contributed by atoms with E-state index < -0.39 is 7.26 Å². The maximum absolute atomic E-state index is 13.4. The smallest absolute Gasteiger partial charge is 0.345 e. The molecule has 0 aliphatic carbocycles. The molecule has 37 heavy (non-hydrogen) atoms. The Kier molecular flexibility index (Phi) is 9.04. The van der Waals surface area contributed by atoms with E-state index in [9.17, 15) is 4.79 Å². The van der Waals surface area contributed by atoms with E-state index in [0.29, 0.717) is 6.16 Å². The second-order valence-corrected chi connectivity index (χ2v) is 13.0. The Hall–Kier alpha value is -3.11.